The summed E-state index contributed by atoms with van der Waals surface area (Å²) in [5, 5.41) is 11.6. The number of likely N-dealkylation sites (tertiary alicyclic amines) is 1. The van der Waals surface area contributed by atoms with E-state index < -0.39 is 11.6 Å². The Morgan fingerprint density at radius 3 is 2.09 bits per heavy atom. The smallest absolute Gasteiger partial charge is 0.347 e. The molecule has 0 spiro atoms. The van der Waals surface area contributed by atoms with Crippen LogP contribution in [0.15, 0.2) is 91.0 Å². The fourth-order valence-electron chi connectivity index (χ4n) is 4.91. The van der Waals surface area contributed by atoms with Crippen molar-refractivity contribution >= 4 is 5.97 Å². The SMILES string of the molecule is C[N+]1(CCCOc2ccccc2)CCC[C@@H]1COC(=O)C(O)(c1ccccc1)c1ccccc1. The molecule has 1 saturated heterocycles. The highest BCUT2D eigenvalue weighted by molar-refractivity contribution is 5.85. The largest absolute Gasteiger partial charge is 0.493 e. The molecule has 1 aliphatic rings. The molecular formula is C29H34NO4+. The van der Waals surface area contributed by atoms with E-state index in [9.17, 15) is 9.90 Å². The predicted molar refractivity (Wildman–Crippen MR) is 132 cm³/mol. The first kappa shape index (κ1) is 24.0. The minimum Gasteiger partial charge on any atom is -0.493 e. The average molecular weight is 461 g/mol. The van der Waals surface area contributed by atoms with E-state index in [0.717, 1.165) is 42.6 Å². The summed E-state index contributed by atoms with van der Waals surface area (Å²) in [5.41, 5.74) is -0.825. The van der Waals surface area contributed by atoms with Crippen molar-refractivity contribution in [1.82, 2.24) is 0 Å². The zero-order chi connectivity index (χ0) is 23.9. The standard InChI is InChI=1S/C29H34NO4/c1-30(21-12-22-33-27-18-9-4-10-19-27)20-11-17-26(30)23-34-28(31)29(32,24-13-5-2-6-14-24)25-15-7-3-8-16-25/h2-10,13-16,18-19,26,32H,11-12,17,20-23H2,1H3/q+1/t26-,30?/m1/s1. The fourth-order valence-corrected chi connectivity index (χ4v) is 4.91. The normalized spacial score (nSPS) is 20.1. The monoisotopic (exact) mass is 460 g/mol. The van der Waals surface area contributed by atoms with Crippen molar-refractivity contribution < 1.29 is 23.9 Å². The molecular weight excluding hydrogens is 426 g/mol. The number of nitrogens with zero attached hydrogens (tertiary/aromatic N) is 1. The number of aliphatic hydroxyl groups is 1. The number of benzene rings is 3. The van der Waals surface area contributed by atoms with Crippen molar-refractivity contribution in [3.8, 4) is 5.75 Å². The highest BCUT2D eigenvalue weighted by atomic mass is 16.6. The molecule has 4 rings (SSSR count). The number of hydrogen-bond acceptors (Lipinski definition) is 4. The molecule has 0 amide bonds. The summed E-state index contributed by atoms with van der Waals surface area (Å²) in [7, 11) is 2.23. The fraction of sp³-hybridized carbons (Fsp3) is 0.345. The maximum Gasteiger partial charge on any atom is 0.347 e. The van der Waals surface area contributed by atoms with Crippen LogP contribution < -0.4 is 4.74 Å². The van der Waals surface area contributed by atoms with Gasteiger partial charge >= 0.3 is 5.97 Å². The first-order valence-electron chi connectivity index (χ1n) is 12.0. The Bertz CT molecular complexity index is 1000. The molecule has 0 saturated carbocycles. The van der Waals surface area contributed by atoms with Crippen LogP contribution in [-0.4, -0.2) is 55.0 Å². The van der Waals surface area contributed by atoms with Crippen molar-refractivity contribution in [1.29, 1.82) is 0 Å². The van der Waals surface area contributed by atoms with E-state index in [-0.39, 0.29) is 12.6 Å². The van der Waals surface area contributed by atoms with Crippen LogP contribution in [0.4, 0.5) is 0 Å². The Hall–Kier alpha value is -3.15. The molecule has 3 aromatic rings. The molecule has 1 unspecified atom stereocenters. The lowest BCUT2D eigenvalue weighted by Gasteiger charge is -2.36. The number of carbonyl (C=O) groups is 1. The quantitative estimate of drug-likeness (QED) is 0.274. The molecule has 0 radical (unpaired) electrons. The second-order valence-corrected chi connectivity index (χ2v) is 9.28. The molecule has 0 aromatic heterocycles. The highest BCUT2D eigenvalue weighted by Crippen LogP contribution is 2.32. The van der Waals surface area contributed by atoms with Gasteiger partial charge in [0.25, 0.3) is 0 Å². The van der Waals surface area contributed by atoms with Gasteiger partial charge in [0.1, 0.15) is 18.4 Å². The van der Waals surface area contributed by atoms with Crippen LogP contribution in [0.1, 0.15) is 30.4 Å². The minimum absolute atomic E-state index is 0.205. The topological polar surface area (TPSA) is 55.8 Å². The summed E-state index contributed by atoms with van der Waals surface area (Å²) in [6.07, 6.45) is 3.02. The number of carbonyl (C=O) groups excluding carboxylic acids is 1. The Morgan fingerprint density at radius 2 is 1.50 bits per heavy atom. The van der Waals surface area contributed by atoms with Crippen LogP contribution in [0.5, 0.6) is 5.75 Å². The number of quaternary nitrogens is 1. The average Bonchev–Trinajstić information content (AvgIpc) is 3.26. The van der Waals surface area contributed by atoms with E-state index in [2.05, 4.69) is 7.05 Å². The van der Waals surface area contributed by atoms with Crippen molar-refractivity contribution in [3.63, 3.8) is 0 Å². The zero-order valence-electron chi connectivity index (χ0n) is 19.8. The molecule has 2 atom stereocenters. The van der Waals surface area contributed by atoms with Crippen LogP contribution in [0.2, 0.25) is 0 Å². The molecule has 3 aromatic carbocycles. The van der Waals surface area contributed by atoms with Gasteiger partial charge in [-0.05, 0) is 23.3 Å². The second-order valence-electron chi connectivity index (χ2n) is 9.28. The second kappa shape index (κ2) is 10.9. The van der Waals surface area contributed by atoms with E-state index in [0.29, 0.717) is 17.7 Å². The van der Waals surface area contributed by atoms with Crippen molar-refractivity contribution in [2.45, 2.75) is 30.9 Å². The van der Waals surface area contributed by atoms with Crippen molar-refractivity contribution in [2.24, 2.45) is 0 Å². The third-order valence-electron chi connectivity index (χ3n) is 7.00. The third kappa shape index (κ3) is 5.32. The van der Waals surface area contributed by atoms with Gasteiger partial charge in [-0.15, -0.1) is 0 Å². The number of hydrogen-bond donors (Lipinski definition) is 1. The Labute approximate surface area is 202 Å². The number of esters is 1. The summed E-state index contributed by atoms with van der Waals surface area (Å²) in [4.78, 5) is 13.4. The molecule has 0 aliphatic carbocycles. The van der Waals surface area contributed by atoms with Crippen molar-refractivity contribution in [2.75, 3.05) is 33.4 Å². The molecule has 1 fully saturated rings. The van der Waals surface area contributed by atoms with Crippen LogP contribution in [0.3, 0.4) is 0 Å². The van der Waals surface area contributed by atoms with Gasteiger partial charge in [-0.25, -0.2) is 4.79 Å². The van der Waals surface area contributed by atoms with E-state index in [1.54, 1.807) is 24.3 Å². The lowest BCUT2D eigenvalue weighted by atomic mass is 9.86. The summed E-state index contributed by atoms with van der Waals surface area (Å²) in [6, 6.07) is 28.1. The summed E-state index contributed by atoms with van der Waals surface area (Å²) >= 11 is 0. The van der Waals surface area contributed by atoms with Gasteiger partial charge in [0, 0.05) is 19.3 Å². The number of rotatable bonds is 10. The van der Waals surface area contributed by atoms with E-state index in [1.165, 1.54) is 0 Å². The van der Waals surface area contributed by atoms with Gasteiger partial charge in [0.2, 0.25) is 5.60 Å². The van der Waals surface area contributed by atoms with Gasteiger partial charge in [-0.3, -0.25) is 0 Å². The molecule has 5 heteroatoms. The van der Waals surface area contributed by atoms with E-state index in [1.807, 2.05) is 66.7 Å². The molecule has 0 bridgehead atoms. The van der Waals surface area contributed by atoms with Gasteiger partial charge in [0.05, 0.1) is 26.7 Å². The minimum atomic E-state index is -1.84. The lowest BCUT2D eigenvalue weighted by Crippen LogP contribution is -2.52. The molecule has 34 heavy (non-hydrogen) atoms. The van der Waals surface area contributed by atoms with Crippen LogP contribution in [0, 0.1) is 0 Å². The van der Waals surface area contributed by atoms with Gasteiger partial charge in [-0.1, -0.05) is 78.9 Å². The molecule has 1 N–H and O–H groups in total. The first-order chi connectivity index (χ1) is 16.5. The van der Waals surface area contributed by atoms with Gasteiger partial charge in [0.15, 0.2) is 0 Å². The molecule has 178 valence electrons. The van der Waals surface area contributed by atoms with Crippen LogP contribution in [-0.2, 0) is 15.1 Å². The van der Waals surface area contributed by atoms with Crippen LogP contribution in [0.25, 0.3) is 0 Å². The summed E-state index contributed by atoms with van der Waals surface area (Å²) < 4.78 is 12.5. The van der Waals surface area contributed by atoms with Gasteiger partial charge in [-0.2, -0.15) is 0 Å². The zero-order valence-corrected chi connectivity index (χ0v) is 19.8. The maximum absolute atomic E-state index is 13.4. The molecule has 1 heterocycles. The van der Waals surface area contributed by atoms with Crippen LogP contribution >= 0.6 is 0 Å². The van der Waals surface area contributed by atoms with Crippen molar-refractivity contribution in [3.05, 3.63) is 102 Å². The number of ether oxygens (including phenoxy) is 2. The molecule has 5 nitrogen and oxygen atoms in total. The third-order valence-corrected chi connectivity index (χ3v) is 7.00. The Balaban J connectivity index is 1.39. The molecule has 1 aliphatic heterocycles. The highest BCUT2D eigenvalue weighted by Gasteiger charge is 2.44. The van der Waals surface area contributed by atoms with E-state index in [4.69, 9.17) is 9.47 Å². The summed E-state index contributed by atoms with van der Waals surface area (Å²) in [6.45, 7) is 2.95. The summed E-state index contributed by atoms with van der Waals surface area (Å²) in [5.74, 6) is 0.258. The number of para-hydroxylation sites is 1. The number of likely N-dealkylation sites (N-methyl/N-ethyl adjacent to an activating group) is 1. The van der Waals surface area contributed by atoms with E-state index >= 15 is 0 Å². The predicted octanol–water partition coefficient (Wildman–Crippen LogP) is 4.54. The first-order valence-corrected chi connectivity index (χ1v) is 12.0. The maximum atomic E-state index is 13.4. The van der Waals surface area contributed by atoms with Gasteiger partial charge < -0.3 is 19.1 Å². The Morgan fingerprint density at radius 1 is 0.941 bits per heavy atom. The Kier molecular flexibility index (Phi) is 7.66. The lowest BCUT2D eigenvalue weighted by molar-refractivity contribution is -0.921.